The molecule has 0 aliphatic carbocycles. The molecule has 0 aromatic carbocycles. The molecule has 1 fully saturated rings. The van der Waals surface area contributed by atoms with Gasteiger partial charge in [-0.3, -0.25) is 0 Å². The average Bonchev–Trinajstić information content (AvgIpc) is 2.19. The lowest BCUT2D eigenvalue weighted by Crippen LogP contribution is -2.47. The van der Waals surface area contributed by atoms with Crippen LogP contribution in [0.2, 0.25) is 0 Å². The summed E-state index contributed by atoms with van der Waals surface area (Å²) in [5.74, 6) is 0.292. The lowest BCUT2D eigenvalue weighted by Gasteiger charge is -2.35. The van der Waals surface area contributed by atoms with Gasteiger partial charge in [-0.25, -0.2) is 0 Å². The Morgan fingerprint density at radius 1 is 1.57 bits per heavy atom. The van der Waals surface area contributed by atoms with Gasteiger partial charge in [0.1, 0.15) is 0 Å². The van der Waals surface area contributed by atoms with Crippen LogP contribution in [0.3, 0.4) is 0 Å². The third-order valence-electron chi connectivity index (χ3n) is 2.95. The molecule has 1 aliphatic heterocycles. The maximum absolute atomic E-state index is 10.2. The minimum Gasteiger partial charge on any atom is -0.388 e. The molecule has 2 N–H and O–H groups in total. The first-order valence-electron chi connectivity index (χ1n) is 5.67. The number of aliphatic hydroxyl groups is 1. The summed E-state index contributed by atoms with van der Waals surface area (Å²) >= 11 is 0. The Kier molecular flexibility index (Phi) is 4.85. The quantitative estimate of drug-likeness (QED) is 0.656. The summed E-state index contributed by atoms with van der Waals surface area (Å²) in [6.45, 7) is 7.26. The van der Waals surface area contributed by atoms with Crippen LogP contribution in [0, 0.1) is 5.92 Å². The monoisotopic (exact) mass is 201 g/mol. The van der Waals surface area contributed by atoms with Crippen LogP contribution < -0.4 is 5.32 Å². The Morgan fingerprint density at radius 3 is 2.93 bits per heavy atom. The van der Waals surface area contributed by atoms with Gasteiger partial charge in [-0.1, -0.05) is 6.92 Å². The Bertz CT molecular complexity index is 153. The predicted molar refractivity (Wildman–Crippen MR) is 57.3 cm³/mol. The largest absolute Gasteiger partial charge is 0.388 e. The van der Waals surface area contributed by atoms with Crippen LogP contribution in [0.1, 0.15) is 33.1 Å². The third kappa shape index (κ3) is 3.56. The van der Waals surface area contributed by atoms with E-state index < -0.39 is 5.60 Å². The topological polar surface area (TPSA) is 41.5 Å². The molecule has 1 heterocycles. The van der Waals surface area contributed by atoms with Gasteiger partial charge in [-0.15, -0.1) is 0 Å². The molecule has 1 aliphatic rings. The Hall–Kier alpha value is -0.120. The Balaban J connectivity index is 2.29. The van der Waals surface area contributed by atoms with Crippen molar-refractivity contribution in [3.05, 3.63) is 0 Å². The van der Waals surface area contributed by atoms with Crippen LogP contribution in [-0.4, -0.2) is 37.0 Å². The van der Waals surface area contributed by atoms with Crippen molar-refractivity contribution >= 4 is 0 Å². The minimum absolute atomic E-state index is 0.292. The number of rotatable bonds is 5. The van der Waals surface area contributed by atoms with Gasteiger partial charge in [0.2, 0.25) is 0 Å². The SMILES string of the molecule is CCCNCC(C)(O)C1CCCOC1. The van der Waals surface area contributed by atoms with Gasteiger partial charge in [0, 0.05) is 19.1 Å². The van der Waals surface area contributed by atoms with Crippen LogP contribution in [-0.2, 0) is 4.74 Å². The summed E-state index contributed by atoms with van der Waals surface area (Å²) in [4.78, 5) is 0. The van der Waals surface area contributed by atoms with Crippen LogP contribution in [0.15, 0.2) is 0 Å². The molecule has 3 heteroatoms. The number of ether oxygens (including phenoxy) is 1. The molecule has 0 aromatic heterocycles. The van der Waals surface area contributed by atoms with Crippen LogP contribution in [0.4, 0.5) is 0 Å². The maximum atomic E-state index is 10.2. The van der Waals surface area contributed by atoms with Gasteiger partial charge < -0.3 is 15.2 Å². The molecule has 0 aromatic rings. The van der Waals surface area contributed by atoms with Gasteiger partial charge in [0.15, 0.2) is 0 Å². The Morgan fingerprint density at radius 2 is 2.36 bits per heavy atom. The van der Waals surface area contributed by atoms with Gasteiger partial charge in [0.25, 0.3) is 0 Å². The highest BCUT2D eigenvalue weighted by molar-refractivity contribution is 4.85. The first kappa shape index (κ1) is 12.0. The van der Waals surface area contributed by atoms with E-state index in [1.165, 1.54) is 0 Å². The van der Waals surface area contributed by atoms with E-state index in [0.29, 0.717) is 19.1 Å². The molecular formula is C11H23NO2. The molecule has 2 atom stereocenters. The van der Waals surface area contributed by atoms with E-state index in [4.69, 9.17) is 4.74 Å². The second kappa shape index (κ2) is 5.69. The lowest BCUT2D eigenvalue weighted by atomic mass is 9.85. The van der Waals surface area contributed by atoms with E-state index in [0.717, 1.165) is 32.4 Å². The van der Waals surface area contributed by atoms with Crippen molar-refractivity contribution < 1.29 is 9.84 Å². The second-order valence-corrected chi connectivity index (χ2v) is 4.45. The van der Waals surface area contributed by atoms with Crippen molar-refractivity contribution in [3.8, 4) is 0 Å². The van der Waals surface area contributed by atoms with E-state index in [9.17, 15) is 5.11 Å². The molecule has 0 spiro atoms. The van der Waals surface area contributed by atoms with Crippen molar-refractivity contribution in [3.63, 3.8) is 0 Å². The average molecular weight is 201 g/mol. The molecule has 2 unspecified atom stereocenters. The predicted octanol–water partition coefficient (Wildman–Crippen LogP) is 1.16. The van der Waals surface area contributed by atoms with E-state index >= 15 is 0 Å². The molecule has 0 saturated carbocycles. The summed E-state index contributed by atoms with van der Waals surface area (Å²) in [6, 6.07) is 0. The fourth-order valence-corrected chi connectivity index (χ4v) is 1.89. The van der Waals surface area contributed by atoms with E-state index in [-0.39, 0.29) is 0 Å². The van der Waals surface area contributed by atoms with Crippen molar-refractivity contribution in [1.29, 1.82) is 0 Å². The zero-order valence-corrected chi connectivity index (χ0v) is 9.38. The standard InChI is InChI=1S/C11H23NO2/c1-3-6-12-9-11(2,13)10-5-4-7-14-8-10/h10,12-13H,3-9H2,1-2H3. The fraction of sp³-hybridized carbons (Fsp3) is 1.00. The van der Waals surface area contributed by atoms with Gasteiger partial charge in [-0.05, 0) is 32.7 Å². The summed E-state index contributed by atoms with van der Waals surface area (Å²) in [6.07, 6.45) is 3.27. The smallest absolute Gasteiger partial charge is 0.0793 e. The number of hydrogen-bond donors (Lipinski definition) is 2. The van der Waals surface area contributed by atoms with E-state index in [2.05, 4.69) is 12.2 Å². The van der Waals surface area contributed by atoms with Crippen molar-refractivity contribution in [2.45, 2.75) is 38.7 Å². The van der Waals surface area contributed by atoms with E-state index in [1.807, 2.05) is 6.92 Å². The van der Waals surface area contributed by atoms with Crippen molar-refractivity contribution in [2.24, 2.45) is 5.92 Å². The normalized spacial score (nSPS) is 27.2. The fourth-order valence-electron chi connectivity index (χ4n) is 1.89. The molecule has 0 amide bonds. The van der Waals surface area contributed by atoms with Crippen LogP contribution >= 0.6 is 0 Å². The molecule has 0 radical (unpaired) electrons. The maximum Gasteiger partial charge on any atom is 0.0793 e. The molecule has 1 rings (SSSR count). The highest BCUT2D eigenvalue weighted by atomic mass is 16.5. The van der Waals surface area contributed by atoms with Crippen LogP contribution in [0.25, 0.3) is 0 Å². The first-order valence-corrected chi connectivity index (χ1v) is 5.67. The molecule has 3 nitrogen and oxygen atoms in total. The number of hydrogen-bond acceptors (Lipinski definition) is 3. The zero-order chi connectivity index (χ0) is 10.4. The van der Waals surface area contributed by atoms with Crippen molar-refractivity contribution in [2.75, 3.05) is 26.3 Å². The van der Waals surface area contributed by atoms with Gasteiger partial charge >= 0.3 is 0 Å². The lowest BCUT2D eigenvalue weighted by molar-refractivity contribution is -0.0662. The zero-order valence-electron chi connectivity index (χ0n) is 9.38. The third-order valence-corrected chi connectivity index (χ3v) is 2.95. The van der Waals surface area contributed by atoms with E-state index in [1.54, 1.807) is 0 Å². The molecular weight excluding hydrogens is 178 g/mol. The summed E-state index contributed by atoms with van der Waals surface area (Å²) in [5, 5.41) is 13.5. The highest BCUT2D eigenvalue weighted by Crippen LogP contribution is 2.25. The highest BCUT2D eigenvalue weighted by Gasteiger charge is 2.32. The van der Waals surface area contributed by atoms with Crippen LogP contribution in [0.5, 0.6) is 0 Å². The molecule has 0 bridgehead atoms. The molecule has 84 valence electrons. The second-order valence-electron chi connectivity index (χ2n) is 4.45. The molecule has 1 saturated heterocycles. The molecule has 14 heavy (non-hydrogen) atoms. The first-order chi connectivity index (χ1) is 6.67. The van der Waals surface area contributed by atoms with Gasteiger partial charge in [0.05, 0.1) is 12.2 Å². The van der Waals surface area contributed by atoms with Crippen molar-refractivity contribution in [1.82, 2.24) is 5.32 Å². The summed E-state index contributed by atoms with van der Waals surface area (Å²) < 4.78 is 5.39. The summed E-state index contributed by atoms with van der Waals surface area (Å²) in [5.41, 5.74) is -0.615. The van der Waals surface area contributed by atoms with Gasteiger partial charge in [-0.2, -0.15) is 0 Å². The Labute approximate surface area is 86.8 Å². The minimum atomic E-state index is -0.615. The summed E-state index contributed by atoms with van der Waals surface area (Å²) in [7, 11) is 0. The number of nitrogens with one attached hydrogen (secondary N) is 1.